The molecule has 2 heteroatoms. The van der Waals surface area contributed by atoms with Gasteiger partial charge in [-0.15, -0.1) is 0 Å². The summed E-state index contributed by atoms with van der Waals surface area (Å²) in [5.41, 5.74) is 0. The van der Waals surface area contributed by atoms with Crippen LogP contribution in [0, 0.1) is 0 Å². The lowest BCUT2D eigenvalue weighted by atomic mass is 10.4. The van der Waals surface area contributed by atoms with Crippen LogP contribution in [0.1, 0.15) is 13.3 Å². The molecule has 0 fully saturated rings. The second-order valence-electron chi connectivity index (χ2n) is 1.52. The van der Waals surface area contributed by atoms with Gasteiger partial charge in [0.15, 0.2) is 0 Å². The molecule has 0 spiro atoms. The van der Waals surface area contributed by atoms with Gasteiger partial charge in [-0.1, -0.05) is 31.7 Å². The van der Waals surface area contributed by atoms with Crippen LogP contribution < -0.4 is 0 Å². The van der Waals surface area contributed by atoms with Gasteiger partial charge in [0, 0.05) is 0 Å². The van der Waals surface area contributed by atoms with Crippen LogP contribution in [0.2, 0.25) is 0 Å². The molecule has 0 aromatic rings. The molecule has 0 radical (unpaired) electrons. The molecule has 0 aromatic heterocycles. The second kappa shape index (κ2) is 15.8. The van der Waals surface area contributed by atoms with Gasteiger partial charge < -0.3 is 10.2 Å². The number of hydrogen-bond acceptors (Lipinski definition) is 2. The Bertz CT molecular complexity index is 75.3. The highest BCUT2D eigenvalue weighted by atomic mass is 16.3. The molecule has 0 heterocycles. The van der Waals surface area contributed by atoms with Crippen molar-refractivity contribution in [2.24, 2.45) is 0 Å². The van der Waals surface area contributed by atoms with E-state index < -0.39 is 0 Å². The summed E-state index contributed by atoms with van der Waals surface area (Å²) >= 11 is 0. The van der Waals surface area contributed by atoms with Gasteiger partial charge in [0.05, 0.1) is 13.2 Å². The van der Waals surface area contributed by atoms with Crippen LogP contribution in [0.4, 0.5) is 0 Å². The van der Waals surface area contributed by atoms with Gasteiger partial charge in [-0.2, -0.15) is 0 Å². The summed E-state index contributed by atoms with van der Waals surface area (Å²) in [5.74, 6) is 0. The molecule has 10 heavy (non-hydrogen) atoms. The van der Waals surface area contributed by atoms with E-state index in [9.17, 15) is 0 Å². The summed E-state index contributed by atoms with van der Waals surface area (Å²) in [6.45, 7) is 5.36. The van der Waals surface area contributed by atoms with E-state index in [1.54, 1.807) is 6.08 Å². The van der Waals surface area contributed by atoms with Crippen LogP contribution in [-0.4, -0.2) is 23.4 Å². The summed E-state index contributed by atoms with van der Waals surface area (Å²) in [7, 11) is 0. The Morgan fingerprint density at radius 1 is 1.30 bits per heavy atom. The zero-order valence-electron chi connectivity index (χ0n) is 6.45. The van der Waals surface area contributed by atoms with Gasteiger partial charge in [-0.25, -0.2) is 0 Å². The Morgan fingerprint density at radius 2 is 1.80 bits per heavy atom. The first-order valence-corrected chi connectivity index (χ1v) is 3.32. The molecule has 0 rings (SSSR count). The highest BCUT2D eigenvalue weighted by molar-refractivity contribution is 4.96. The van der Waals surface area contributed by atoms with Crippen LogP contribution >= 0.6 is 0 Å². The molecule has 0 bridgehead atoms. The van der Waals surface area contributed by atoms with Crippen LogP contribution in [0.25, 0.3) is 0 Å². The molecule has 60 valence electrons. The molecule has 0 unspecified atom stereocenters. The van der Waals surface area contributed by atoms with Crippen molar-refractivity contribution in [3.05, 3.63) is 24.8 Å². The summed E-state index contributed by atoms with van der Waals surface area (Å²) in [6.07, 6.45) is 6.89. The first kappa shape index (κ1) is 12.1. The molecule has 0 amide bonds. The van der Waals surface area contributed by atoms with E-state index in [-0.39, 0.29) is 13.2 Å². The average Bonchev–Trinajstić information content (AvgIpc) is 2.01. The second-order valence-corrected chi connectivity index (χ2v) is 1.52. The molecule has 0 atom stereocenters. The standard InChI is InChI=1S/C6H10.C2H6O2/c1-3-5-6-4-2;3-1-2-4/h3,5-6H,1,4H2,2H3;3-4H,1-2H2/b6-5+;. The van der Waals surface area contributed by atoms with Crippen LogP contribution in [0.3, 0.4) is 0 Å². The fourth-order valence-corrected chi connectivity index (χ4v) is 0.232. The lowest BCUT2D eigenvalue weighted by molar-refractivity contribution is 0.186. The fourth-order valence-electron chi connectivity index (χ4n) is 0.232. The van der Waals surface area contributed by atoms with Gasteiger partial charge in [0.2, 0.25) is 0 Å². The summed E-state index contributed by atoms with van der Waals surface area (Å²) in [5, 5.41) is 15.2. The van der Waals surface area contributed by atoms with Gasteiger partial charge >= 0.3 is 0 Å². The Balaban J connectivity index is 0. The summed E-state index contributed by atoms with van der Waals surface area (Å²) in [6, 6.07) is 0. The Labute approximate surface area is 62.5 Å². The molecule has 0 aromatic carbocycles. The van der Waals surface area contributed by atoms with Crippen molar-refractivity contribution in [2.45, 2.75) is 13.3 Å². The monoisotopic (exact) mass is 144 g/mol. The first-order valence-electron chi connectivity index (χ1n) is 3.32. The van der Waals surface area contributed by atoms with Crippen molar-refractivity contribution in [3.8, 4) is 0 Å². The predicted molar refractivity (Wildman–Crippen MR) is 43.8 cm³/mol. The van der Waals surface area contributed by atoms with Crippen molar-refractivity contribution in [3.63, 3.8) is 0 Å². The van der Waals surface area contributed by atoms with Crippen molar-refractivity contribution in [2.75, 3.05) is 13.2 Å². The first-order chi connectivity index (χ1) is 4.83. The van der Waals surface area contributed by atoms with E-state index in [1.807, 2.05) is 6.08 Å². The highest BCUT2D eigenvalue weighted by Gasteiger charge is 1.58. The van der Waals surface area contributed by atoms with E-state index in [4.69, 9.17) is 10.2 Å². The molecule has 0 saturated carbocycles. The maximum absolute atomic E-state index is 7.62. The largest absolute Gasteiger partial charge is 0.394 e. The third-order valence-electron chi connectivity index (χ3n) is 0.608. The van der Waals surface area contributed by atoms with Crippen LogP contribution in [0.15, 0.2) is 24.8 Å². The van der Waals surface area contributed by atoms with E-state index in [1.165, 1.54) is 0 Å². The van der Waals surface area contributed by atoms with Crippen molar-refractivity contribution in [1.29, 1.82) is 0 Å². The molecule has 2 nitrogen and oxygen atoms in total. The molecule has 0 aliphatic heterocycles. The van der Waals surface area contributed by atoms with E-state index >= 15 is 0 Å². The average molecular weight is 144 g/mol. The maximum Gasteiger partial charge on any atom is 0.0662 e. The van der Waals surface area contributed by atoms with E-state index in [0.29, 0.717) is 0 Å². The predicted octanol–water partition coefficient (Wildman–Crippen LogP) is 1.11. The number of rotatable bonds is 3. The van der Waals surface area contributed by atoms with Crippen molar-refractivity contribution in [1.82, 2.24) is 0 Å². The molecule has 2 N–H and O–H groups in total. The number of allylic oxidation sites excluding steroid dienone is 3. The van der Waals surface area contributed by atoms with E-state index in [2.05, 4.69) is 19.6 Å². The number of aliphatic hydroxyl groups excluding tert-OH is 2. The zero-order valence-corrected chi connectivity index (χ0v) is 6.45. The Hall–Kier alpha value is -0.600. The fraction of sp³-hybridized carbons (Fsp3) is 0.500. The zero-order chi connectivity index (χ0) is 8.24. The molecular formula is C8H16O2. The molecule has 0 saturated heterocycles. The normalized spacial score (nSPS) is 8.70. The summed E-state index contributed by atoms with van der Waals surface area (Å²) < 4.78 is 0. The minimum atomic E-state index is -0.125. The lowest BCUT2D eigenvalue weighted by Gasteiger charge is -1.70. The Kier molecular flexibility index (Phi) is 19.1. The number of hydrogen-bond donors (Lipinski definition) is 2. The molecule has 0 aliphatic carbocycles. The minimum absolute atomic E-state index is 0.125. The highest BCUT2D eigenvalue weighted by Crippen LogP contribution is 1.76. The SMILES string of the molecule is C=C/C=C/CC.OCCO. The lowest BCUT2D eigenvalue weighted by Crippen LogP contribution is -1.85. The topological polar surface area (TPSA) is 40.5 Å². The quantitative estimate of drug-likeness (QED) is 0.582. The van der Waals surface area contributed by atoms with E-state index in [0.717, 1.165) is 6.42 Å². The van der Waals surface area contributed by atoms with Gasteiger partial charge in [0.1, 0.15) is 0 Å². The van der Waals surface area contributed by atoms with Gasteiger partial charge in [-0.3, -0.25) is 0 Å². The minimum Gasteiger partial charge on any atom is -0.394 e. The van der Waals surface area contributed by atoms with Crippen molar-refractivity contribution >= 4 is 0 Å². The third kappa shape index (κ3) is 26.2. The Morgan fingerprint density at radius 3 is 1.90 bits per heavy atom. The van der Waals surface area contributed by atoms with Gasteiger partial charge in [0.25, 0.3) is 0 Å². The molecule has 0 aliphatic rings. The molecular weight excluding hydrogens is 128 g/mol. The van der Waals surface area contributed by atoms with Crippen LogP contribution in [0.5, 0.6) is 0 Å². The maximum atomic E-state index is 7.62. The third-order valence-corrected chi connectivity index (χ3v) is 0.608. The number of aliphatic hydroxyl groups is 2. The van der Waals surface area contributed by atoms with Crippen LogP contribution in [-0.2, 0) is 0 Å². The summed E-state index contributed by atoms with van der Waals surface area (Å²) in [4.78, 5) is 0. The smallest absolute Gasteiger partial charge is 0.0662 e. The van der Waals surface area contributed by atoms with Gasteiger partial charge in [-0.05, 0) is 6.42 Å². The van der Waals surface area contributed by atoms with Crippen molar-refractivity contribution < 1.29 is 10.2 Å².